The Kier molecular flexibility index (Phi) is 4.39. The fourth-order valence-corrected chi connectivity index (χ4v) is 3.07. The van der Waals surface area contributed by atoms with Crippen molar-refractivity contribution in [2.45, 2.75) is 27.2 Å². The summed E-state index contributed by atoms with van der Waals surface area (Å²) in [5.41, 5.74) is 2.96. The molecule has 0 radical (unpaired) electrons. The third kappa shape index (κ3) is 2.82. The van der Waals surface area contributed by atoms with Gasteiger partial charge in [-0.15, -0.1) is 0 Å². The van der Waals surface area contributed by atoms with E-state index in [1.165, 1.54) is 7.11 Å². The van der Waals surface area contributed by atoms with Gasteiger partial charge in [0, 0.05) is 5.02 Å². The van der Waals surface area contributed by atoms with Crippen LogP contribution in [0, 0.1) is 20.8 Å². The standard InChI is InChI=1S/C18H17ClN2O4/c1-9-12(8-15(22)24-4)18(23)25-17-16(9)11(3)20-21(17)14-7-5-6-13(19)10(14)2/h5-7H,8H2,1-4H3. The smallest absolute Gasteiger partial charge is 0.341 e. The second kappa shape index (κ2) is 6.37. The summed E-state index contributed by atoms with van der Waals surface area (Å²) in [6.07, 6.45) is -0.137. The lowest BCUT2D eigenvalue weighted by molar-refractivity contribution is -0.139. The van der Waals surface area contributed by atoms with E-state index in [2.05, 4.69) is 9.84 Å². The summed E-state index contributed by atoms with van der Waals surface area (Å²) in [5.74, 6) is -0.495. The largest absolute Gasteiger partial charge is 0.469 e. The van der Waals surface area contributed by atoms with Gasteiger partial charge >= 0.3 is 11.6 Å². The summed E-state index contributed by atoms with van der Waals surface area (Å²) in [7, 11) is 1.28. The molecule has 2 heterocycles. The molecule has 0 saturated carbocycles. The Bertz CT molecular complexity index is 1050. The van der Waals surface area contributed by atoms with Crippen LogP contribution in [0.25, 0.3) is 16.8 Å². The molecule has 1 aromatic carbocycles. The second-order valence-electron chi connectivity index (χ2n) is 5.81. The number of rotatable bonds is 3. The summed E-state index contributed by atoms with van der Waals surface area (Å²) >= 11 is 6.20. The van der Waals surface area contributed by atoms with Crippen molar-refractivity contribution in [2.24, 2.45) is 0 Å². The van der Waals surface area contributed by atoms with Crippen LogP contribution in [0.1, 0.15) is 22.4 Å². The SMILES string of the molecule is COC(=O)Cc1c(C)c2c(C)nn(-c3cccc(Cl)c3C)c2oc1=O. The topological polar surface area (TPSA) is 74.3 Å². The van der Waals surface area contributed by atoms with Gasteiger partial charge in [-0.05, 0) is 44.0 Å². The maximum atomic E-state index is 12.4. The van der Waals surface area contributed by atoms with Gasteiger partial charge in [0.15, 0.2) is 0 Å². The number of hydrogen-bond acceptors (Lipinski definition) is 5. The molecule has 0 fully saturated rings. The molecule has 0 N–H and O–H groups in total. The zero-order chi connectivity index (χ0) is 18.3. The number of hydrogen-bond donors (Lipinski definition) is 0. The third-order valence-electron chi connectivity index (χ3n) is 4.30. The van der Waals surface area contributed by atoms with E-state index >= 15 is 0 Å². The summed E-state index contributed by atoms with van der Waals surface area (Å²) in [5, 5.41) is 5.82. The number of aryl methyl sites for hydroxylation is 2. The first kappa shape index (κ1) is 17.2. The van der Waals surface area contributed by atoms with E-state index in [0.717, 1.165) is 11.3 Å². The molecule has 7 heteroatoms. The van der Waals surface area contributed by atoms with E-state index in [9.17, 15) is 9.59 Å². The van der Waals surface area contributed by atoms with Gasteiger partial charge in [-0.25, -0.2) is 4.79 Å². The Balaban J connectivity index is 2.30. The molecule has 25 heavy (non-hydrogen) atoms. The lowest BCUT2D eigenvalue weighted by Gasteiger charge is -2.09. The molecule has 0 atom stereocenters. The predicted molar refractivity (Wildman–Crippen MR) is 94.5 cm³/mol. The Morgan fingerprint density at radius 1 is 1.28 bits per heavy atom. The fourth-order valence-electron chi connectivity index (χ4n) is 2.90. The van der Waals surface area contributed by atoms with Crippen LogP contribution in [0.2, 0.25) is 5.02 Å². The Morgan fingerprint density at radius 2 is 2.00 bits per heavy atom. The zero-order valence-corrected chi connectivity index (χ0v) is 15.1. The van der Waals surface area contributed by atoms with Crippen LogP contribution in [-0.2, 0) is 16.0 Å². The Hall–Kier alpha value is -2.60. The van der Waals surface area contributed by atoms with E-state index in [-0.39, 0.29) is 12.0 Å². The molecule has 0 aliphatic carbocycles. The molecule has 3 aromatic rings. The van der Waals surface area contributed by atoms with Gasteiger partial charge in [0.1, 0.15) is 0 Å². The number of benzene rings is 1. The zero-order valence-electron chi connectivity index (χ0n) is 14.3. The molecular formula is C18H17ClN2O4. The average Bonchev–Trinajstić information content (AvgIpc) is 2.90. The van der Waals surface area contributed by atoms with Crippen molar-refractivity contribution in [3.05, 3.63) is 56.0 Å². The van der Waals surface area contributed by atoms with Gasteiger partial charge in [0.2, 0.25) is 5.71 Å². The van der Waals surface area contributed by atoms with Crippen molar-refractivity contribution in [1.29, 1.82) is 0 Å². The minimum absolute atomic E-state index is 0.137. The molecule has 0 unspecified atom stereocenters. The van der Waals surface area contributed by atoms with Gasteiger partial charge in [-0.1, -0.05) is 17.7 Å². The number of carbonyl (C=O) groups is 1. The van der Waals surface area contributed by atoms with Crippen LogP contribution < -0.4 is 5.63 Å². The Morgan fingerprint density at radius 3 is 2.68 bits per heavy atom. The lowest BCUT2D eigenvalue weighted by atomic mass is 10.0. The summed E-state index contributed by atoms with van der Waals surface area (Å²) < 4.78 is 11.7. The molecule has 0 saturated heterocycles. The van der Waals surface area contributed by atoms with E-state index in [1.807, 2.05) is 26.0 Å². The quantitative estimate of drug-likeness (QED) is 0.670. The van der Waals surface area contributed by atoms with Gasteiger partial charge in [0.05, 0.1) is 35.9 Å². The van der Waals surface area contributed by atoms with Crippen LogP contribution in [0.15, 0.2) is 27.4 Å². The summed E-state index contributed by atoms with van der Waals surface area (Å²) in [6, 6.07) is 5.45. The molecule has 0 spiro atoms. The number of methoxy groups -OCH3 is 1. The second-order valence-corrected chi connectivity index (χ2v) is 6.21. The van der Waals surface area contributed by atoms with Crippen LogP contribution in [0.4, 0.5) is 0 Å². The third-order valence-corrected chi connectivity index (χ3v) is 4.71. The van der Waals surface area contributed by atoms with Crippen molar-refractivity contribution in [3.63, 3.8) is 0 Å². The first-order valence-corrected chi connectivity index (χ1v) is 8.07. The van der Waals surface area contributed by atoms with Crippen LogP contribution in [0.5, 0.6) is 0 Å². The molecule has 0 bridgehead atoms. The minimum Gasteiger partial charge on any atom is -0.469 e. The van der Waals surface area contributed by atoms with Crippen molar-refractivity contribution in [3.8, 4) is 5.69 Å². The normalized spacial score (nSPS) is 11.1. The number of halogens is 1. The maximum Gasteiger partial charge on any atom is 0.341 e. The summed E-state index contributed by atoms with van der Waals surface area (Å²) in [6.45, 7) is 5.48. The molecule has 0 amide bonds. The molecule has 0 aliphatic heterocycles. The van der Waals surface area contributed by atoms with Crippen LogP contribution >= 0.6 is 11.6 Å². The van der Waals surface area contributed by atoms with E-state index in [1.54, 1.807) is 17.7 Å². The van der Waals surface area contributed by atoms with Crippen molar-refractivity contribution in [1.82, 2.24) is 9.78 Å². The van der Waals surface area contributed by atoms with Crippen molar-refractivity contribution in [2.75, 3.05) is 7.11 Å². The molecular weight excluding hydrogens is 344 g/mol. The monoisotopic (exact) mass is 360 g/mol. The number of carbonyl (C=O) groups excluding carboxylic acids is 1. The predicted octanol–water partition coefficient (Wildman–Crippen LogP) is 3.27. The first-order valence-electron chi connectivity index (χ1n) is 7.69. The number of ether oxygens (including phenoxy) is 1. The van der Waals surface area contributed by atoms with Gasteiger partial charge in [-0.2, -0.15) is 9.78 Å². The fraction of sp³-hybridized carbons (Fsp3) is 0.278. The van der Waals surface area contributed by atoms with Crippen molar-refractivity contribution < 1.29 is 13.9 Å². The maximum absolute atomic E-state index is 12.4. The first-order chi connectivity index (χ1) is 11.8. The average molecular weight is 361 g/mol. The minimum atomic E-state index is -0.573. The molecule has 2 aromatic heterocycles. The van der Waals surface area contributed by atoms with E-state index in [0.29, 0.717) is 27.4 Å². The molecule has 6 nitrogen and oxygen atoms in total. The van der Waals surface area contributed by atoms with E-state index in [4.69, 9.17) is 16.0 Å². The number of fused-ring (bicyclic) bond motifs is 1. The summed E-state index contributed by atoms with van der Waals surface area (Å²) in [4.78, 5) is 24.0. The molecule has 3 rings (SSSR count). The molecule has 0 aliphatic rings. The highest BCUT2D eigenvalue weighted by Gasteiger charge is 2.21. The lowest BCUT2D eigenvalue weighted by Crippen LogP contribution is -2.16. The number of aromatic nitrogens is 2. The van der Waals surface area contributed by atoms with Crippen molar-refractivity contribution >= 4 is 28.7 Å². The van der Waals surface area contributed by atoms with Crippen LogP contribution in [0.3, 0.4) is 0 Å². The van der Waals surface area contributed by atoms with Gasteiger partial charge in [-0.3, -0.25) is 4.79 Å². The highest BCUT2D eigenvalue weighted by atomic mass is 35.5. The number of esters is 1. The van der Waals surface area contributed by atoms with Gasteiger partial charge in [0.25, 0.3) is 0 Å². The number of nitrogens with zero attached hydrogens (tertiary/aromatic N) is 2. The van der Waals surface area contributed by atoms with E-state index < -0.39 is 11.6 Å². The van der Waals surface area contributed by atoms with Crippen LogP contribution in [-0.4, -0.2) is 22.9 Å². The highest BCUT2D eigenvalue weighted by molar-refractivity contribution is 6.31. The Labute approximate surface area is 149 Å². The molecule has 130 valence electrons. The van der Waals surface area contributed by atoms with Gasteiger partial charge < -0.3 is 9.15 Å². The highest BCUT2D eigenvalue weighted by Crippen LogP contribution is 2.29.